The lowest BCUT2D eigenvalue weighted by Crippen LogP contribution is -1.82. The fourth-order valence-electron chi connectivity index (χ4n) is 1.67. The van der Waals surface area contributed by atoms with E-state index in [0.29, 0.717) is 11.5 Å². The average molecular weight is 229 g/mol. The van der Waals surface area contributed by atoms with Gasteiger partial charge in [-0.3, -0.25) is 4.79 Å². The van der Waals surface area contributed by atoms with Gasteiger partial charge in [0.05, 0.1) is 10.7 Å². The SMILES string of the molecule is O=Cc1ccc(-c2csc(C3CC3)n2)cc1. The second kappa shape index (κ2) is 3.83. The van der Waals surface area contributed by atoms with Crippen molar-refractivity contribution in [1.29, 1.82) is 0 Å². The van der Waals surface area contributed by atoms with Crippen molar-refractivity contribution in [3.63, 3.8) is 0 Å². The average Bonchev–Trinajstić information content (AvgIpc) is 3.08. The summed E-state index contributed by atoms with van der Waals surface area (Å²) >= 11 is 1.74. The summed E-state index contributed by atoms with van der Waals surface area (Å²) in [6.45, 7) is 0. The summed E-state index contributed by atoms with van der Waals surface area (Å²) in [6, 6.07) is 7.57. The van der Waals surface area contributed by atoms with Crippen molar-refractivity contribution in [3.05, 3.63) is 40.2 Å². The standard InChI is InChI=1S/C13H11NOS/c15-7-9-1-3-10(4-2-9)12-8-16-13(14-12)11-5-6-11/h1-4,7-8,11H,5-6H2. The molecule has 0 radical (unpaired) electrons. The van der Waals surface area contributed by atoms with E-state index in [9.17, 15) is 4.79 Å². The van der Waals surface area contributed by atoms with Gasteiger partial charge in [0, 0.05) is 22.4 Å². The van der Waals surface area contributed by atoms with Gasteiger partial charge in [0.1, 0.15) is 6.29 Å². The molecule has 0 amide bonds. The smallest absolute Gasteiger partial charge is 0.150 e. The molecule has 1 aliphatic rings. The number of hydrogen-bond acceptors (Lipinski definition) is 3. The Kier molecular flexibility index (Phi) is 2.33. The van der Waals surface area contributed by atoms with Crippen molar-refractivity contribution >= 4 is 17.6 Å². The molecule has 16 heavy (non-hydrogen) atoms. The minimum atomic E-state index is 0.710. The zero-order valence-electron chi connectivity index (χ0n) is 8.72. The van der Waals surface area contributed by atoms with Crippen molar-refractivity contribution in [2.45, 2.75) is 18.8 Å². The van der Waals surface area contributed by atoms with Gasteiger partial charge in [-0.25, -0.2) is 4.98 Å². The Labute approximate surface area is 98.0 Å². The van der Waals surface area contributed by atoms with Gasteiger partial charge in [-0.1, -0.05) is 24.3 Å². The first-order valence-corrected chi connectivity index (χ1v) is 6.26. The second-order valence-corrected chi connectivity index (χ2v) is 4.97. The van der Waals surface area contributed by atoms with Gasteiger partial charge < -0.3 is 0 Å². The van der Waals surface area contributed by atoms with E-state index in [2.05, 4.69) is 10.4 Å². The largest absolute Gasteiger partial charge is 0.298 e. The Bertz CT molecular complexity index is 511. The minimum Gasteiger partial charge on any atom is -0.298 e. The molecule has 3 heteroatoms. The predicted octanol–water partition coefficient (Wildman–Crippen LogP) is 3.50. The molecule has 0 unspecified atom stereocenters. The van der Waals surface area contributed by atoms with Crippen LogP contribution in [0.4, 0.5) is 0 Å². The Morgan fingerprint density at radius 3 is 2.62 bits per heavy atom. The fraction of sp³-hybridized carbons (Fsp3) is 0.231. The van der Waals surface area contributed by atoms with Crippen LogP contribution in [0.1, 0.15) is 34.1 Å². The zero-order valence-corrected chi connectivity index (χ0v) is 9.54. The molecule has 0 atom stereocenters. The van der Waals surface area contributed by atoms with E-state index in [0.717, 1.165) is 17.5 Å². The summed E-state index contributed by atoms with van der Waals surface area (Å²) in [6.07, 6.45) is 3.44. The highest BCUT2D eigenvalue weighted by Crippen LogP contribution is 2.42. The van der Waals surface area contributed by atoms with Crippen molar-refractivity contribution in [3.8, 4) is 11.3 Å². The van der Waals surface area contributed by atoms with Gasteiger partial charge in [-0.2, -0.15) is 0 Å². The van der Waals surface area contributed by atoms with E-state index >= 15 is 0 Å². The lowest BCUT2D eigenvalue weighted by molar-refractivity contribution is 0.112. The summed E-state index contributed by atoms with van der Waals surface area (Å²) in [7, 11) is 0. The summed E-state index contributed by atoms with van der Waals surface area (Å²) in [5, 5.41) is 3.36. The molecule has 1 fully saturated rings. The molecule has 1 aromatic heterocycles. The molecule has 0 N–H and O–H groups in total. The van der Waals surface area contributed by atoms with Crippen molar-refractivity contribution in [2.24, 2.45) is 0 Å². The summed E-state index contributed by atoms with van der Waals surface area (Å²) in [4.78, 5) is 15.2. The molecule has 0 bridgehead atoms. The molecule has 2 nitrogen and oxygen atoms in total. The number of carbonyl (C=O) groups is 1. The highest BCUT2D eigenvalue weighted by atomic mass is 32.1. The van der Waals surface area contributed by atoms with Crippen LogP contribution in [0, 0.1) is 0 Å². The first-order valence-electron chi connectivity index (χ1n) is 5.38. The molecule has 1 aliphatic carbocycles. The summed E-state index contributed by atoms with van der Waals surface area (Å²) < 4.78 is 0. The molecule has 0 saturated heterocycles. The van der Waals surface area contributed by atoms with E-state index in [1.54, 1.807) is 11.3 Å². The van der Waals surface area contributed by atoms with Crippen LogP contribution in [-0.2, 0) is 0 Å². The number of benzene rings is 1. The van der Waals surface area contributed by atoms with Crippen molar-refractivity contribution in [1.82, 2.24) is 4.98 Å². The highest BCUT2D eigenvalue weighted by molar-refractivity contribution is 7.10. The fourth-order valence-corrected chi connectivity index (χ4v) is 2.67. The maximum absolute atomic E-state index is 10.5. The van der Waals surface area contributed by atoms with E-state index in [4.69, 9.17) is 0 Å². The van der Waals surface area contributed by atoms with Crippen LogP contribution < -0.4 is 0 Å². The van der Waals surface area contributed by atoms with Gasteiger partial charge in [-0.05, 0) is 12.8 Å². The third kappa shape index (κ3) is 1.78. The Morgan fingerprint density at radius 2 is 2.00 bits per heavy atom. The van der Waals surface area contributed by atoms with Gasteiger partial charge in [-0.15, -0.1) is 11.3 Å². The third-order valence-electron chi connectivity index (χ3n) is 2.79. The van der Waals surface area contributed by atoms with Crippen LogP contribution in [-0.4, -0.2) is 11.3 Å². The Hall–Kier alpha value is -1.48. The second-order valence-electron chi connectivity index (χ2n) is 4.09. The minimum absolute atomic E-state index is 0.710. The first kappa shape index (κ1) is 9.73. The Morgan fingerprint density at radius 1 is 1.25 bits per heavy atom. The number of aldehydes is 1. The van der Waals surface area contributed by atoms with Crippen LogP contribution >= 0.6 is 11.3 Å². The third-order valence-corrected chi connectivity index (χ3v) is 3.80. The van der Waals surface area contributed by atoms with E-state index in [1.165, 1.54) is 17.8 Å². The predicted molar refractivity (Wildman–Crippen MR) is 64.9 cm³/mol. The number of aromatic nitrogens is 1. The molecule has 1 heterocycles. The molecular weight excluding hydrogens is 218 g/mol. The van der Waals surface area contributed by atoms with Gasteiger partial charge >= 0.3 is 0 Å². The number of thiazole rings is 1. The molecule has 1 aromatic carbocycles. The van der Waals surface area contributed by atoms with E-state index < -0.39 is 0 Å². The van der Waals surface area contributed by atoms with E-state index in [-0.39, 0.29) is 0 Å². The summed E-state index contributed by atoms with van der Waals surface area (Å²) in [5.74, 6) is 0.716. The van der Waals surface area contributed by atoms with Crippen LogP contribution in [0.5, 0.6) is 0 Å². The van der Waals surface area contributed by atoms with Gasteiger partial charge in [0.25, 0.3) is 0 Å². The lowest BCUT2D eigenvalue weighted by atomic mass is 10.1. The quantitative estimate of drug-likeness (QED) is 0.754. The Balaban J connectivity index is 1.91. The zero-order chi connectivity index (χ0) is 11.0. The summed E-state index contributed by atoms with van der Waals surface area (Å²) in [5.41, 5.74) is 2.83. The van der Waals surface area contributed by atoms with Gasteiger partial charge in [0.15, 0.2) is 0 Å². The topological polar surface area (TPSA) is 30.0 Å². The van der Waals surface area contributed by atoms with E-state index in [1.807, 2.05) is 24.3 Å². The van der Waals surface area contributed by atoms with Crippen LogP contribution in [0.3, 0.4) is 0 Å². The molecule has 3 rings (SSSR count). The lowest BCUT2D eigenvalue weighted by Gasteiger charge is -1.96. The van der Waals surface area contributed by atoms with Crippen LogP contribution in [0.15, 0.2) is 29.6 Å². The number of hydrogen-bond donors (Lipinski definition) is 0. The molecule has 0 aliphatic heterocycles. The molecular formula is C13H11NOS. The molecule has 80 valence electrons. The highest BCUT2D eigenvalue weighted by Gasteiger charge is 2.26. The van der Waals surface area contributed by atoms with Crippen LogP contribution in [0.2, 0.25) is 0 Å². The molecule has 1 saturated carbocycles. The molecule has 2 aromatic rings. The normalized spacial score (nSPS) is 15.0. The number of carbonyl (C=O) groups excluding carboxylic acids is 1. The van der Waals surface area contributed by atoms with Crippen molar-refractivity contribution in [2.75, 3.05) is 0 Å². The molecule has 0 spiro atoms. The van der Waals surface area contributed by atoms with Gasteiger partial charge in [0.2, 0.25) is 0 Å². The first-order chi connectivity index (χ1) is 7.86. The van der Waals surface area contributed by atoms with Crippen LogP contribution in [0.25, 0.3) is 11.3 Å². The number of nitrogens with zero attached hydrogens (tertiary/aromatic N) is 1. The van der Waals surface area contributed by atoms with Crippen molar-refractivity contribution < 1.29 is 4.79 Å². The maximum Gasteiger partial charge on any atom is 0.150 e. The monoisotopic (exact) mass is 229 g/mol. The number of rotatable bonds is 3. The maximum atomic E-state index is 10.5.